The molecule has 0 atom stereocenters. The van der Waals surface area contributed by atoms with Crippen molar-refractivity contribution in [3.05, 3.63) is 23.1 Å². The first-order chi connectivity index (χ1) is 8.59. The number of anilines is 1. The van der Waals surface area contributed by atoms with Crippen LogP contribution in [0.2, 0.25) is 0 Å². The lowest BCUT2D eigenvalue weighted by Crippen LogP contribution is -2.27. The van der Waals surface area contributed by atoms with Crippen LogP contribution in [-0.4, -0.2) is 18.1 Å². The minimum atomic E-state index is 0.109. The van der Waals surface area contributed by atoms with Crippen LogP contribution in [0.5, 0.6) is 0 Å². The smallest absolute Gasteiger partial charge is 0.230 e. The molecule has 0 fully saturated rings. The van der Waals surface area contributed by atoms with Crippen molar-refractivity contribution in [2.75, 3.05) is 11.9 Å². The SMILES string of the molecule is Cc1noc(C)c1N(C)C(=O)CC1=CCCCC1. The first-order valence-corrected chi connectivity index (χ1v) is 6.47. The monoisotopic (exact) mass is 248 g/mol. The minimum absolute atomic E-state index is 0.109. The Bertz CT molecular complexity index is 455. The van der Waals surface area contributed by atoms with Gasteiger partial charge in [-0.15, -0.1) is 0 Å². The molecule has 0 aromatic carbocycles. The molecule has 4 nitrogen and oxygen atoms in total. The van der Waals surface area contributed by atoms with E-state index >= 15 is 0 Å². The fraction of sp³-hybridized carbons (Fsp3) is 0.571. The van der Waals surface area contributed by atoms with E-state index in [0.717, 1.165) is 24.2 Å². The van der Waals surface area contributed by atoms with E-state index in [2.05, 4.69) is 11.2 Å². The summed E-state index contributed by atoms with van der Waals surface area (Å²) in [6.45, 7) is 3.69. The summed E-state index contributed by atoms with van der Waals surface area (Å²) in [5, 5.41) is 3.88. The van der Waals surface area contributed by atoms with Gasteiger partial charge in [0.15, 0.2) is 5.76 Å². The summed E-state index contributed by atoms with van der Waals surface area (Å²) in [5.74, 6) is 0.804. The van der Waals surface area contributed by atoms with Crippen molar-refractivity contribution in [3.8, 4) is 0 Å². The van der Waals surface area contributed by atoms with E-state index < -0.39 is 0 Å². The van der Waals surface area contributed by atoms with Crippen LogP contribution in [0.4, 0.5) is 5.69 Å². The number of allylic oxidation sites excluding steroid dienone is 1. The van der Waals surface area contributed by atoms with Gasteiger partial charge in [0.05, 0.1) is 0 Å². The Balaban J connectivity index is 2.07. The Labute approximate surface area is 108 Å². The molecule has 1 aliphatic rings. The third-order valence-corrected chi connectivity index (χ3v) is 3.47. The van der Waals surface area contributed by atoms with E-state index in [9.17, 15) is 4.79 Å². The number of carbonyl (C=O) groups is 1. The topological polar surface area (TPSA) is 46.3 Å². The van der Waals surface area contributed by atoms with E-state index in [1.165, 1.54) is 18.4 Å². The zero-order chi connectivity index (χ0) is 13.1. The third kappa shape index (κ3) is 2.63. The number of hydrogen-bond acceptors (Lipinski definition) is 3. The van der Waals surface area contributed by atoms with Gasteiger partial charge in [0.1, 0.15) is 11.4 Å². The maximum Gasteiger partial charge on any atom is 0.230 e. The van der Waals surface area contributed by atoms with Crippen LogP contribution in [0.1, 0.15) is 43.6 Å². The third-order valence-electron chi connectivity index (χ3n) is 3.47. The van der Waals surface area contributed by atoms with E-state index in [4.69, 9.17) is 4.52 Å². The Morgan fingerprint density at radius 1 is 1.44 bits per heavy atom. The highest BCUT2D eigenvalue weighted by molar-refractivity contribution is 5.95. The lowest BCUT2D eigenvalue weighted by Gasteiger charge is -2.19. The van der Waals surface area contributed by atoms with E-state index in [-0.39, 0.29) is 5.91 Å². The van der Waals surface area contributed by atoms with Crippen LogP contribution in [0.15, 0.2) is 16.2 Å². The second-order valence-electron chi connectivity index (χ2n) is 4.91. The molecule has 0 saturated carbocycles. The molecule has 4 heteroatoms. The summed E-state index contributed by atoms with van der Waals surface area (Å²) in [6.07, 6.45) is 7.34. The minimum Gasteiger partial charge on any atom is -0.359 e. The summed E-state index contributed by atoms with van der Waals surface area (Å²) >= 11 is 0. The number of rotatable bonds is 3. The molecule has 1 heterocycles. The maximum absolute atomic E-state index is 12.2. The number of nitrogens with zero attached hydrogens (tertiary/aromatic N) is 2. The van der Waals surface area contributed by atoms with Crippen LogP contribution in [0.25, 0.3) is 0 Å². The highest BCUT2D eigenvalue weighted by Gasteiger charge is 2.20. The average Bonchev–Trinajstić information content (AvgIpc) is 2.69. The molecule has 18 heavy (non-hydrogen) atoms. The molecular formula is C14H20N2O2. The van der Waals surface area contributed by atoms with Crippen molar-refractivity contribution in [3.63, 3.8) is 0 Å². The molecule has 0 bridgehead atoms. The summed E-state index contributed by atoms with van der Waals surface area (Å²) < 4.78 is 5.10. The molecule has 0 N–H and O–H groups in total. The molecule has 1 aromatic heterocycles. The fourth-order valence-corrected chi connectivity index (χ4v) is 2.46. The molecule has 0 spiro atoms. The van der Waals surface area contributed by atoms with Gasteiger partial charge in [0.25, 0.3) is 0 Å². The highest BCUT2D eigenvalue weighted by Crippen LogP contribution is 2.26. The van der Waals surface area contributed by atoms with Crippen LogP contribution in [0.3, 0.4) is 0 Å². The molecule has 1 aromatic rings. The molecule has 0 unspecified atom stereocenters. The fourth-order valence-electron chi connectivity index (χ4n) is 2.46. The summed E-state index contributed by atoms with van der Waals surface area (Å²) in [6, 6.07) is 0. The summed E-state index contributed by atoms with van der Waals surface area (Å²) in [7, 11) is 1.79. The zero-order valence-electron chi connectivity index (χ0n) is 11.3. The van der Waals surface area contributed by atoms with E-state index in [1.807, 2.05) is 13.8 Å². The van der Waals surface area contributed by atoms with Crippen molar-refractivity contribution in [2.24, 2.45) is 0 Å². The number of amides is 1. The summed E-state index contributed by atoms with van der Waals surface area (Å²) in [5.41, 5.74) is 2.84. The van der Waals surface area contributed by atoms with Gasteiger partial charge in [0.2, 0.25) is 5.91 Å². The van der Waals surface area contributed by atoms with Crippen molar-refractivity contribution >= 4 is 11.6 Å². The molecule has 98 valence electrons. The van der Waals surface area contributed by atoms with Crippen LogP contribution >= 0.6 is 0 Å². The number of carbonyl (C=O) groups excluding carboxylic acids is 1. The van der Waals surface area contributed by atoms with Crippen LogP contribution in [0, 0.1) is 13.8 Å². The predicted octanol–water partition coefficient (Wildman–Crippen LogP) is 3.14. The van der Waals surface area contributed by atoms with Gasteiger partial charge < -0.3 is 9.42 Å². The van der Waals surface area contributed by atoms with Gasteiger partial charge in [-0.2, -0.15) is 0 Å². The molecular weight excluding hydrogens is 228 g/mol. The normalized spacial score (nSPS) is 15.4. The van der Waals surface area contributed by atoms with Gasteiger partial charge >= 0.3 is 0 Å². The van der Waals surface area contributed by atoms with Gasteiger partial charge in [0, 0.05) is 13.5 Å². The largest absolute Gasteiger partial charge is 0.359 e. The molecule has 0 radical (unpaired) electrons. The molecule has 1 amide bonds. The molecule has 2 rings (SSSR count). The second kappa shape index (κ2) is 5.38. The van der Waals surface area contributed by atoms with Crippen molar-refractivity contribution in [1.82, 2.24) is 5.16 Å². The van der Waals surface area contributed by atoms with Crippen molar-refractivity contribution in [2.45, 2.75) is 46.0 Å². The average molecular weight is 248 g/mol. The Kier molecular flexibility index (Phi) is 3.84. The second-order valence-corrected chi connectivity index (χ2v) is 4.91. The van der Waals surface area contributed by atoms with E-state index in [0.29, 0.717) is 12.2 Å². The van der Waals surface area contributed by atoms with E-state index in [1.54, 1.807) is 11.9 Å². The summed E-state index contributed by atoms with van der Waals surface area (Å²) in [4.78, 5) is 13.9. The Morgan fingerprint density at radius 3 is 2.78 bits per heavy atom. The molecule has 1 aliphatic carbocycles. The maximum atomic E-state index is 12.2. The Morgan fingerprint density at radius 2 is 2.22 bits per heavy atom. The number of hydrogen-bond donors (Lipinski definition) is 0. The predicted molar refractivity (Wildman–Crippen MR) is 70.6 cm³/mol. The van der Waals surface area contributed by atoms with Gasteiger partial charge in [-0.05, 0) is 39.5 Å². The van der Waals surface area contributed by atoms with Gasteiger partial charge in [-0.3, -0.25) is 4.79 Å². The lowest BCUT2D eigenvalue weighted by molar-refractivity contribution is -0.117. The molecule has 0 saturated heterocycles. The quantitative estimate of drug-likeness (QED) is 0.772. The van der Waals surface area contributed by atoms with Gasteiger partial charge in [-0.1, -0.05) is 16.8 Å². The lowest BCUT2D eigenvalue weighted by atomic mass is 9.97. The molecule has 0 aliphatic heterocycles. The van der Waals surface area contributed by atoms with Crippen molar-refractivity contribution in [1.29, 1.82) is 0 Å². The van der Waals surface area contributed by atoms with Crippen LogP contribution in [-0.2, 0) is 4.79 Å². The highest BCUT2D eigenvalue weighted by atomic mass is 16.5. The van der Waals surface area contributed by atoms with Crippen LogP contribution < -0.4 is 4.90 Å². The first kappa shape index (κ1) is 12.9. The van der Waals surface area contributed by atoms with Gasteiger partial charge in [-0.25, -0.2) is 0 Å². The first-order valence-electron chi connectivity index (χ1n) is 6.47. The number of aromatic nitrogens is 1. The zero-order valence-corrected chi connectivity index (χ0v) is 11.3. The van der Waals surface area contributed by atoms with Crippen molar-refractivity contribution < 1.29 is 9.32 Å². The Hall–Kier alpha value is -1.58. The standard InChI is InChI=1S/C14H20N2O2/c1-10-14(11(2)18-15-10)16(3)13(17)9-12-7-5-4-6-8-12/h7H,4-6,8-9H2,1-3H3. The number of aryl methyl sites for hydroxylation is 2.